The Bertz CT molecular complexity index is 455. The number of ether oxygens (including phenoxy) is 1. The monoisotopic (exact) mass is 344 g/mol. The molecule has 2 rings (SSSR count). The van der Waals surface area contributed by atoms with Crippen molar-refractivity contribution in [2.24, 2.45) is 0 Å². The predicted octanol–water partition coefficient (Wildman–Crippen LogP) is 2.96. The Kier molecular flexibility index (Phi) is 5.55. The van der Waals surface area contributed by atoms with Crippen LogP contribution < -0.4 is 5.32 Å². The van der Waals surface area contributed by atoms with Crippen LogP contribution in [0, 0.1) is 5.82 Å². The minimum atomic E-state index is -0.176. The van der Waals surface area contributed by atoms with Crippen molar-refractivity contribution in [3.63, 3.8) is 0 Å². The number of likely N-dealkylation sites (N-methyl/N-ethyl adjacent to an activating group) is 1. The van der Waals surface area contributed by atoms with Crippen molar-refractivity contribution >= 4 is 15.9 Å². The average Bonchev–Trinajstić information content (AvgIpc) is 2.39. The van der Waals surface area contributed by atoms with Gasteiger partial charge < -0.3 is 10.1 Å². The molecule has 112 valence electrons. The second-order valence-corrected chi connectivity index (χ2v) is 6.48. The zero-order valence-corrected chi connectivity index (χ0v) is 13.8. The van der Waals surface area contributed by atoms with Crippen LogP contribution in [0.15, 0.2) is 22.7 Å². The largest absolute Gasteiger partial charge is 0.374 e. The van der Waals surface area contributed by atoms with Crippen LogP contribution in [-0.2, 0) is 4.74 Å². The lowest BCUT2D eigenvalue weighted by molar-refractivity contribution is -0.0630. The molecule has 0 saturated carbocycles. The molecule has 1 fully saturated rings. The molecule has 1 heterocycles. The summed E-state index contributed by atoms with van der Waals surface area (Å²) in [5.41, 5.74) is 0.692. The van der Waals surface area contributed by atoms with E-state index in [1.54, 1.807) is 6.07 Å². The van der Waals surface area contributed by atoms with E-state index in [4.69, 9.17) is 4.74 Å². The van der Waals surface area contributed by atoms with E-state index in [0.29, 0.717) is 18.2 Å². The molecule has 1 aliphatic heterocycles. The number of benzene rings is 1. The Hall–Kier alpha value is -0.490. The minimum absolute atomic E-state index is 0.0417. The Morgan fingerprint density at radius 1 is 1.50 bits per heavy atom. The number of hydrogen-bond donors (Lipinski definition) is 1. The molecule has 3 nitrogen and oxygen atoms in total. The van der Waals surface area contributed by atoms with Gasteiger partial charge in [-0.3, -0.25) is 4.90 Å². The average molecular weight is 345 g/mol. The molecule has 1 aromatic carbocycles. The molecule has 0 bridgehead atoms. The molecule has 1 N–H and O–H groups in total. The number of nitrogens with one attached hydrogen (secondary N) is 1. The second kappa shape index (κ2) is 6.98. The van der Waals surface area contributed by atoms with Gasteiger partial charge in [-0.25, -0.2) is 4.39 Å². The maximum absolute atomic E-state index is 14.2. The summed E-state index contributed by atoms with van der Waals surface area (Å²) >= 11 is 3.42. The van der Waals surface area contributed by atoms with Crippen molar-refractivity contribution in [3.05, 3.63) is 34.1 Å². The van der Waals surface area contributed by atoms with Gasteiger partial charge in [0.1, 0.15) is 5.82 Å². The lowest BCUT2D eigenvalue weighted by atomic mass is 9.97. The molecule has 1 saturated heterocycles. The molecule has 0 radical (unpaired) electrons. The molecule has 0 amide bonds. The topological polar surface area (TPSA) is 24.5 Å². The SMILES string of the molecule is CC(C)NCC1OCCN(C)C1c1cc(Br)ccc1F. The molecule has 5 heteroatoms. The van der Waals surface area contributed by atoms with Gasteiger partial charge in [0.05, 0.1) is 18.8 Å². The predicted molar refractivity (Wildman–Crippen MR) is 82.3 cm³/mol. The summed E-state index contributed by atoms with van der Waals surface area (Å²) in [7, 11) is 2.02. The maximum Gasteiger partial charge on any atom is 0.128 e. The lowest BCUT2D eigenvalue weighted by Gasteiger charge is -2.40. The van der Waals surface area contributed by atoms with E-state index in [-0.39, 0.29) is 18.0 Å². The number of halogens is 2. The first-order chi connectivity index (χ1) is 9.49. The van der Waals surface area contributed by atoms with Crippen LogP contribution in [0.2, 0.25) is 0 Å². The summed E-state index contributed by atoms with van der Waals surface area (Å²) in [5.74, 6) is -0.176. The van der Waals surface area contributed by atoms with Gasteiger partial charge in [0.25, 0.3) is 0 Å². The van der Waals surface area contributed by atoms with E-state index in [2.05, 4.69) is 40.0 Å². The minimum Gasteiger partial charge on any atom is -0.374 e. The van der Waals surface area contributed by atoms with Gasteiger partial charge in [-0.05, 0) is 25.2 Å². The van der Waals surface area contributed by atoms with Crippen molar-refractivity contribution in [1.29, 1.82) is 0 Å². The Balaban J connectivity index is 2.24. The van der Waals surface area contributed by atoms with Gasteiger partial charge in [0, 0.05) is 29.2 Å². The van der Waals surface area contributed by atoms with Crippen molar-refractivity contribution in [2.45, 2.75) is 32.0 Å². The summed E-state index contributed by atoms with van der Waals surface area (Å²) in [6.07, 6.45) is -0.0417. The first-order valence-electron chi connectivity index (χ1n) is 6.99. The zero-order chi connectivity index (χ0) is 14.7. The number of nitrogens with zero attached hydrogens (tertiary/aromatic N) is 1. The zero-order valence-electron chi connectivity index (χ0n) is 12.2. The van der Waals surface area contributed by atoms with Crippen LogP contribution in [0.5, 0.6) is 0 Å². The second-order valence-electron chi connectivity index (χ2n) is 5.56. The lowest BCUT2D eigenvalue weighted by Crippen LogP contribution is -2.48. The highest BCUT2D eigenvalue weighted by atomic mass is 79.9. The summed E-state index contributed by atoms with van der Waals surface area (Å²) in [4.78, 5) is 2.17. The standard InChI is InChI=1S/C15H22BrFN2O/c1-10(2)18-9-14-15(19(3)6-7-20-14)12-8-11(16)4-5-13(12)17/h4-5,8,10,14-15,18H,6-7,9H2,1-3H3. The third kappa shape index (κ3) is 3.79. The number of hydrogen-bond acceptors (Lipinski definition) is 3. The van der Waals surface area contributed by atoms with Crippen LogP contribution in [0.4, 0.5) is 4.39 Å². The molecular weight excluding hydrogens is 323 g/mol. The number of morpholine rings is 1. The van der Waals surface area contributed by atoms with Gasteiger partial charge >= 0.3 is 0 Å². The van der Waals surface area contributed by atoms with Crippen LogP contribution in [0.3, 0.4) is 0 Å². The molecule has 2 unspecified atom stereocenters. The molecule has 1 aromatic rings. The maximum atomic E-state index is 14.2. The Labute approximate surface area is 128 Å². The molecule has 0 aromatic heterocycles. The molecule has 1 aliphatic rings. The van der Waals surface area contributed by atoms with Crippen molar-refractivity contribution in [3.8, 4) is 0 Å². The normalized spacial score (nSPS) is 24.3. The van der Waals surface area contributed by atoms with Crippen molar-refractivity contribution in [1.82, 2.24) is 10.2 Å². The van der Waals surface area contributed by atoms with Gasteiger partial charge in [-0.15, -0.1) is 0 Å². The fraction of sp³-hybridized carbons (Fsp3) is 0.600. The van der Waals surface area contributed by atoms with E-state index >= 15 is 0 Å². The molecular formula is C15H22BrFN2O. The van der Waals surface area contributed by atoms with Gasteiger partial charge in [0.2, 0.25) is 0 Å². The summed E-state index contributed by atoms with van der Waals surface area (Å²) < 4.78 is 20.9. The summed E-state index contributed by atoms with van der Waals surface area (Å²) in [6.45, 7) is 6.42. The highest BCUT2D eigenvalue weighted by molar-refractivity contribution is 9.10. The fourth-order valence-corrected chi connectivity index (χ4v) is 2.94. The van der Waals surface area contributed by atoms with Gasteiger partial charge in [0.15, 0.2) is 0 Å². The van der Waals surface area contributed by atoms with Crippen molar-refractivity contribution < 1.29 is 9.13 Å². The van der Waals surface area contributed by atoms with Gasteiger partial charge in [-0.1, -0.05) is 29.8 Å². The van der Waals surface area contributed by atoms with E-state index in [9.17, 15) is 4.39 Å². The molecule has 20 heavy (non-hydrogen) atoms. The van der Waals surface area contributed by atoms with Crippen LogP contribution >= 0.6 is 15.9 Å². The van der Waals surface area contributed by atoms with E-state index in [1.807, 2.05) is 13.1 Å². The van der Waals surface area contributed by atoms with E-state index in [0.717, 1.165) is 17.6 Å². The molecule has 0 spiro atoms. The van der Waals surface area contributed by atoms with Crippen LogP contribution in [0.1, 0.15) is 25.5 Å². The Morgan fingerprint density at radius 2 is 2.25 bits per heavy atom. The molecule has 0 aliphatic carbocycles. The first kappa shape index (κ1) is 15.9. The highest BCUT2D eigenvalue weighted by Crippen LogP contribution is 2.31. The first-order valence-corrected chi connectivity index (χ1v) is 7.78. The summed E-state index contributed by atoms with van der Waals surface area (Å²) in [5, 5.41) is 3.38. The Morgan fingerprint density at radius 3 is 2.95 bits per heavy atom. The quantitative estimate of drug-likeness (QED) is 0.908. The smallest absolute Gasteiger partial charge is 0.128 e. The van der Waals surface area contributed by atoms with Crippen LogP contribution in [-0.4, -0.2) is 43.8 Å². The van der Waals surface area contributed by atoms with E-state index in [1.165, 1.54) is 6.07 Å². The molecule has 2 atom stereocenters. The third-order valence-corrected chi connectivity index (χ3v) is 4.10. The fourth-order valence-electron chi connectivity index (χ4n) is 2.56. The summed E-state index contributed by atoms with van der Waals surface area (Å²) in [6, 6.07) is 5.41. The van der Waals surface area contributed by atoms with Crippen LogP contribution in [0.25, 0.3) is 0 Å². The highest BCUT2D eigenvalue weighted by Gasteiger charge is 2.33. The third-order valence-electron chi connectivity index (χ3n) is 3.61. The van der Waals surface area contributed by atoms with E-state index < -0.39 is 0 Å². The number of rotatable bonds is 4. The van der Waals surface area contributed by atoms with Gasteiger partial charge in [-0.2, -0.15) is 0 Å². The van der Waals surface area contributed by atoms with Crippen molar-refractivity contribution in [2.75, 3.05) is 26.7 Å².